The van der Waals surface area contributed by atoms with Crippen molar-refractivity contribution in [2.45, 2.75) is 40.0 Å². The molecule has 0 bridgehead atoms. The van der Waals surface area contributed by atoms with Gasteiger partial charge in [-0.15, -0.1) is 0 Å². The Bertz CT molecular complexity index is 578. The number of imide groups is 1. The average Bonchev–Trinajstić information content (AvgIpc) is 2.65. The molecular formula is C17H21NO2. The minimum absolute atomic E-state index is 0.00908. The first-order valence-electron chi connectivity index (χ1n) is 7.44. The summed E-state index contributed by atoms with van der Waals surface area (Å²) in [6, 6.07) is 5.82. The minimum atomic E-state index is -0.0899. The molecule has 2 fully saturated rings. The van der Waals surface area contributed by atoms with Gasteiger partial charge in [0.15, 0.2) is 0 Å². The molecule has 106 valence electrons. The SMILES string of the molecule is Cc1ccc(N2C(=O)[C@@H]3CC[C@@H](C)C[C@H]3C2=O)cc1C. The van der Waals surface area contributed by atoms with E-state index in [2.05, 4.69) is 6.92 Å². The van der Waals surface area contributed by atoms with Crippen LogP contribution in [0.25, 0.3) is 0 Å². The summed E-state index contributed by atoms with van der Waals surface area (Å²) in [5.74, 6) is 0.394. The van der Waals surface area contributed by atoms with E-state index in [0.717, 1.165) is 30.5 Å². The van der Waals surface area contributed by atoms with E-state index in [0.29, 0.717) is 5.92 Å². The van der Waals surface area contributed by atoms with Crippen LogP contribution in [0, 0.1) is 31.6 Å². The highest BCUT2D eigenvalue weighted by molar-refractivity contribution is 6.22. The van der Waals surface area contributed by atoms with Crippen molar-refractivity contribution in [1.82, 2.24) is 0 Å². The van der Waals surface area contributed by atoms with Gasteiger partial charge in [-0.1, -0.05) is 13.0 Å². The highest BCUT2D eigenvalue weighted by Gasteiger charge is 2.49. The van der Waals surface area contributed by atoms with Crippen LogP contribution in [-0.4, -0.2) is 11.8 Å². The number of benzene rings is 1. The molecule has 0 unspecified atom stereocenters. The summed E-state index contributed by atoms with van der Waals surface area (Å²) in [6.07, 6.45) is 2.77. The van der Waals surface area contributed by atoms with Gasteiger partial charge in [-0.05, 0) is 62.3 Å². The van der Waals surface area contributed by atoms with Crippen molar-refractivity contribution in [2.24, 2.45) is 17.8 Å². The normalized spacial score (nSPS) is 29.8. The van der Waals surface area contributed by atoms with Crippen LogP contribution in [0.3, 0.4) is 0 Å². The van der Waals surface area contributed by atoms with E-state index in [9.17, 15) is 9.59 Å². The Kier molecular flexibility index (Phi) is 3.15. The lowest BCUT2D eigenvalue weighted by Gasteiger charge is -2.25. The van der Waals surface area contributed by atoms with Crippen LogP contribution >= 0.6 is 0 Å². The fraction of sp³-hybridized carbons (Fsp3) is 0.529. The molecule has 2 aliphatic rings. The Morgan fingerprint density at radius 1 is 1.00 bits per heavy atom. The molecule has 1 saturated carbocycles. The molecular weight excluding hydrogens is 250 g/mol. The van der Waals surface area contributed by atoms with E-state index in [1.807, 2.05) is 32.0 Å². The third-order valence-electron chi connectivity index (χ3n) is 4.94. The summed E-state index contributed by atoms with van der Waals surface area (Å²) in [6.45, 7) is 6.22. The lowest BCUT2D eigenvalue weighted by atomic mass is 9.76. The number of anilines is 1. The molecule has 20 heavy (non-hydrogen) atoms. The summed E-state index contributed by atoms with van der Waals surface area (Å²) in [5, 5.41) is 0. The Morgan fingerprint density at radius 3 is 2.40 bits per heavy atom. The molecule has 1 aromatic rings. The molecule has 1 saturated heterocycles. The van der Waals surface area contributed by atoms with E-state index in [1.165, 1.54) is 10.5 Å². The molecule has 1 aliphatic heterocycles. The predicted octanol–water partition coefficient (Wildman–Crippen LogP) is 3.23. The molecule has 1 heterocycles. The van der Waals surface area contributed by atoms with Gasteiger partial charge in [0.2, 0.25) is 11.8 Å². The second-order valence-electron chi connectivity index (χ2n) is 6.41. The van der Waals surface area contributed by atoms with E-state index in [4.69, 9.17) is 0 Å². The summed E-state index contributed by atoms with van der Waals surface area (Å²) >= 11 is 0. The number of carbonyl (C=O) groups excluding carboxylic acids is 2. The third kappa shape index (κ3) is 1.96. The van der Waals surface area contributed by atoms with Crippen molar-refractivity contribution in [3.05, 3.63) is 29.3 Å². The number of rotatable bonds is 1. The molecule has 0 N–H and O–H groups in total. The third-order valence-corrected chi connectivity index (χ3v) is 4.94. The number of carbonyl (C=O) groups is 2. The Labute approximate surface area is 120 Å². The first-order chi connectivity index (χ1) is 9.49. The molecule has 1 aliphatic carbocycles. The van der Waals surface area contributed by atoms with Gasteiger partial charge in [0.05, 0.1) is 17.5 Å². The number of amides is 2. The first-order valence-corrected chi connectivity index (χ1v) is 7.44. The predicted molar refractivity (Wildman–Crippen MR) is 78.4 cm³/mol. The van der Waals surface area contributed by atoms with Crippen molar-refractivity contribution < 1.29 is 9.59 Å². The summed E-state index contributed by atoms with van der Waals surface area (Å²) in [5.41, 5.74) is 3.04. The van der Waals surface area contributed by atoms with Gasteiger partial charge in [-0.2, -0.15) is 0 Å². The summed E-state index contributed by atoms with van der Waals surface area (Å²) in [7, 11) is 0. The van der Waals surface area contributed by atoms with Crippen LogP contribution in [0.1, 0.15) is 37.3 Å². The molecule has 1 aromatic carbocycles. The first kappa shape index (κ1) is 13.3. The Balaban J connectivity index is 1.96. The van der Waals surface area contributed by atoms with E-state index < -0.39 is 0 Å². The van der Waals surface area contributed by atoms with Gasteiger partial charge in [-0.3, -0.25) is 14.5 Å². The van der Waals surface area contributed by atoms with Crippen LogP contribution in [0.5, 0.6) is 0 Å². The molecule has 0 aromatic heterocycles. The second kappa shape index (κ2) is 4.72. The van der Waals surface area contributed by atoms with Gasteiger partial charge in [0, 0.05) is 0 Å². The summed E-state index contributed by atoms with van der Waals surface area (Å²) in [4.78, 5) is 26.6. The maximum Gasteiger partial charge on any atom is 0.237 e. The second-order valence-corrected chi connectivity index (χ2v) is 6.41. The number of hydrogen-bond acceptors (Lipinski definition) is 2. The molecule has 0 radical (unpaired) electrons. The topological polar surface area (TPSA) is 37.4 Å². The van der Waals surface area contributed by atoms with Crippen molar-refractivity contribution in [3.8, 4) is 0 Å². The van der Waals surface area contributed by atoms with Crippen LogP contribution < -0.4 is 4.90 Å². The number of hydrogen-bond donors (Lipinski definition) is 0. The zero-order valence-electron chi connectivity index (χ0n) is 12.3. The fourth-order valence-electron chi connectivity index (χ4n) is 3.51. The van der Waals surface area contributed by atoms with Gasteiger partial charge in [0.1, 0.15) is 0 Å². The van der Waals surface area contributed by atoms with E-state index >= 15 is 0 Å². The van der Waals surface area contributed by atoms with Crippen molar-refractivity contribution >= 4 is 17.5 Å². The van der Waals surface area contributed by atoms with Crippen molar-refractivity contribution in [1.29, 1.82) is 0 Å². The zero-order chi connectivity index (χ0) is 14.4. The van der Waals surface area contributed by atoms with Gasteiger partial charge < -0.3 is 0 Å². The van der Waals surface area contributed by atoms with Crippen LogP contribution in [0.4, 0.5) is 5.69 Å². The fourth-order valence-corrected chi connectivity index (χ4v) is 3.51. The molecule has 2 amide bonds. The lowest BCUT2D eigenvalue weighted by molar-refractivity contribution is -0.122. The van der Waals surface area contributed by atoms with Crippen molar-refractivity contribution in [3.63, 3.8) is 0 Å². The Hall–Kier alpha value is -1.64. The zero-order valence-corrected chi connectivity index (χ0v) is 12.3. The minimum Gasteiger partial charge on any atom is -0.274 e. The highest BCUT2D eigenvalue weighted by Crippen LogP contribution is 2.42. The standard InChI is InChI=1S/C17H21NO2/c1-10-4-7-14-15(8-10)17(20)18(16(14)19)13-6-5-11(2)12(3)9-13/h5-6,9-10,14-15H,4,7-8H2,1-3H3/t10-,14-,15-/m1/s1. The molecule has 3 heteroatoms. The van der Waals surface area contributed by atoms with Gasteiger partial charge in [-0.25, -0.2) is 0 Å². The van der Waals surface area contributed by atoms with E-state index in [1.54, 1.807) is 0 Å². The summed E-state index contributed by atoms with van der Waals surface area (Å²) < 4.78 is 0. The maximum absolute atomic E-state index is 12.6. The lowest BCUT2D eigenvalue weighted by Crippen LogP contribution is -2.30. The largest absolute Gasteiger partial charge is 0.274 e. The number of aryl methyl sites for hydroxylation is 2. The Morgan fingerprint density at radius 2 is 1.70 bits per heavy atom. The van der Waals surface area contributed by atoms with Crippen LogP contribution in [0.2, 0.25) is 0 Å². The molecule has 3 atom stereocenters. The maximum atomic E-state index is 12.6. The highest BCUT2D eigenvalue weighted by atomic mass is 16.2. The molecule has 3 rings (SSSR count). The van der Waals surface area contributed by atoms with Crippen LogP contribution in [0.15, 0.2) is 18.2 Å². The van der Waals surface area contributed by atoms with Gasteiger partial charge in [0.25, 0.3) is 0 Å². The quantitative estimate of drug-likeness (QED) is 0.735. The number of nitrogens with zero attached hydrogens (tertiary/aromatic N) is 1. The van der Waals surface area contributed by atoms with E-state index in [-0.39, 0.29) is 23.7 Å². The monoisotopic (exact) mass is 271 g/mol. The van der Waals surface area contributed by atoms with Crippen molar-refractivity contribution in [2.75, 3.05) is 4.90 Å². The molecule has 0 spiro atoms. The van der Waals surface area contributed by atoms with Gasteiger partial charge >= 0.3 is 0 Å². The average molecular weight is 271 g/mol. The smallest absolute Gasteiger partial charge is 0.237 e. The number of fused-ring (bicyclic) bond motifs is 1. The molecule has 3 nitrogen and oxygen atoms in total. The van der Waals surface area contributed by atoms with Crippen LogP contribution in [-0.2, 0) is 9.59 Å².